The molecule has 3 aliphatic rings. The first kappa shape index (κ1) is 26.9. The molecule has 4 rings (SSSR count). The molecule has 4 atom stereocenters. The lowest BCUT2D eigenvalue weighted by Crippen LogP contribution is -2.65. The fourth-order valence-electron chi connectivity index (χ4n) is 6.11. The number of aromatic hydroxyl groups is 1. The lowest BCUT2D eigenvalue weighted by molar-refractivity contribution is -0.153. The molecule has 0 amide bonds. The number of aliphatic hydroxyl groups is 3. The maximum Gasteiger partial charge on any atom is 0.202 e. The summed E-state index contributed by atoms with van der Waals surface area (Å²) in [5.41, 5.74) is -4.84. The Bertz CT molecular complexity index is 1300. The number of fused-ring (bicyclic) bond motifs is 3. The lowest BCUT2D eigenvalue weighted by atomic mass is 9.57. The molecule has 0 saturated heterocycles. The minimum Gasteiger partial charge on any atom is -0.508 e. The summed E-state index contributed by atoms with van der Waals surface area (Å²) < 4.78 is 30.2. The first-order chi connectivity index (χ1) is 17.2. The first-order valence-corrected chi connectivity index (χ1v) is 12.2. The van der Waals surface area contributed by atoms with Gasteiger partial charge in [0, 0.05) is 22.6 Å². The van der Waals surface area contributed by atoms with Gasteiger partial charge in [-0.1, -0.05) is 13.8 Å². The number of carbonyl (C=O) groups is 3. The summed E-state index contributed by atoms with van der Waals surface area (Å²) in [6.07, 6.45) is -0.0346. The number of phenolic OH excluding ortho intramolecular Hbond substituents is 1. The third-order valence-electron chi connectivity index (χ3n) is 7.94. The molecule has 4 N–H and O–H groups in total. The van der Waals surface area contributed by atoms with E-state index in [1.807, 2.05) is 13.8 Å². The van der Waals surface area contributed by atoms with E-state index in [0.29, 0.717) is 6.42 Å². The number of aliphatic hydroxyl groups excluding tert-OH is 2. The second kappa shape index (κ2) is 9.02. The molecular weight excluding hydrogens is 488 g/mol. The monoisotopic (exact) mass is 519 g/mol. The van der Waals surface area contributed by atoms with Crippen LogP contribution in [0.1, 0.15) is 50.3 Å². The molecule has 0 unspecified atom stereocenters. The first-order valence-electron chi connectivity index (χ1n) is 12.2. The van der Waals surface area contributed by atoms with Crippen LogP contribution < -0.4 is 0 Å². The van der Waals surface area contributed by atoms with Crippen molar-refractivity contribution in [1.82, 2.24) is 4.90 Å². The van der Waals surface area contributed by atoms with Crippen molar-refractivity contribution in [3.05, 3.63) is 45.2 Å². The van der Waals surface area contributed by atoms with Crippen molar-refractivity contribution in [1.29, 1.82) is 0 Å². The van der Waals surface area contributed by atoms with E-state index in [4.69, 9.17) is 0 Å². The Kier molecular flexibility index (Phi) is 6.57. The van der Waals surface area contributed by atoms with Crippen molar-refractivity contribution in [3.8, 4) is 5.75 Å². The third-order valence-corrected chi connectivity index (χ3v) is 7.94. The molecule has 200 valence electrons. The zero-order valence-corrected chi connectivity index (χ0v) is 21.4. The van der Waals surface area contributed by atoms with E-state index in [2.05, 4.69) is 0 Å². The van der Waals surface area contributed by atoms with Gasteiger partial charge in [-0.05, 0) is 58.5 Å². The number of likely N-dealkylation sites (N-methyl/N-ethyl adjacent to an activating group) is 1. The summed E-state index contributed by atoms with van der Waals surface area (Å²) in [5, 5.41) is 44.6. The van der Waals surface area contributed by atoms with Gasteiger partial charge in [-0.2, -0.15) is 0 Å². The molecular formula is C27H31F2NO7. The van der Waals surface area contributed by atoms with Crippen molar-refractivity contribution in [3.63, 3.8) is 0 Å². The number of phenols is 1. The number of ketones is 3. The van der Waals surface area contributed by atoms with E-state index in [1.165, 1.54) is 19.0 Å². The fourth-order valence-corrected chi connectivity index (χ4v) is 6.11. The number of benzene rings is 1. The highest BCUT2D eigenvalue weighted by Crippen LogP contribution is 2.53. The SMILES string of the molecule is CC(=O)C1=C(O)[C@@]2(O)C(=O)C3=C(O)c4c(O)c(CCC(C)C)c(F)c(F)c4C[C@H]3C[C@H]2[C@H](N(C)C)C1=O. The number of halogens is 2. The molecule has 3 aliphatic carbocycles. The Labute approximate surface area is 212 Å². The Balaban J connectivity index is 1.96. The largest absolute Gasteiger partial charge is 0.508 e. The van der Waals surface area contributed by atoms with Crippen LogP contribution in [-0.4, -0.2) is 68.4 Å². The zero-order valence-electron chi connectivity index (χ0n) is 21.4. The molecule has 0 aromatic heterocycles. The predicted octanol–water partition coefficient (Wildman–Crippen LogP) is 2.93. The Hall–Kier alpha value is -3.11. The average Bonchev–Trinajstić information content (AvgIpc) is 2.79. The smallest absolute Gasteiger partial charge is 0.202 e. The molecule has 0 aliphatic heterocycles. The van der Waals surface area contributed by atoms with Gasteiger partial charge in [-0.15, -0.1) is 0 Å². The van der Waals surface area contributed by atoms with Crippen LogP contribution in [-0.2, 0) is 27.2 Å². The fraction of sp³-hybridized carbons (Fsp3) is 0.519. The van der Waals surface area contributed by atoms with Crippen LogP contribution in [0.3, 0.4) is 0 Å². The molecule has 0 spiro atoms. The molecule has 1 saturated carbocycles. The number of carbonyl (C=O) groups excluding carboxylic acids is 3. The zero-order chi connectivity index (χ0) is 27.7. The van der Waals surface area contributed by atoms with Crippen LogP contribution >= 0.6 is 0 Å². The molecule has 1 fully saturated rings. The highest BCUT2D eigenvalue weighted by molar-refractivity contribution is 6.25. The minimum atomic E-state index is -2.71. The van der Waals surface area contributed by atoms with Crippen LogP contribution in [0, 0.1) is 29.4 Å². The predicted molar refractivity (Wildman–Crippen MR) is 129 cm³/mol. The van der Waals surface area contributed by atoms with Gasteiger partial charge in [0.1, 0.15) is 22.8 Å². The van der Waals surface area contributed by atoms with Crippen molar-refractivity contribution in [2.24, 2.45) is 17.8 Å². The molecule has 1 aromatic rings. The summed E-state index contributed by atoms with van der Waals surface area (Å²) in [6, 6.07) is -1.18. The maximum absolute atomic E-state index is 15.3. The summed E-state index contributed by atoms with van der Waals surface area (Å²) >= 11 is 0. The Morgan fingerprint density at radius 2 is 1.76 bits per heavy atom. The molecule has 0 radical (unpaired) electrons. The van der Waals surface area contributed by atoms with Crippen LogP contribution in [0.4, 0.5) is 8.78 Å². The number of rotatable bonds is 5. The second-order valence-corrected chi connectivity index (χ2v) is 10.9. The van der Waals surface area contributed by atoms with E-state index in [0.717, 1.165) is 6.92 Å². The van der Waals surface area contributed by atoms with Crippen LogP contribution in [0.2, 0.25) is 0 Å². The van der Waals surface area contributed by atoms with E-state index in [9.17, 15) is 39.2 Å². The van der Waals surface area contributed by atoms with Gasteiger partial charge in [-0.25, -0.2) is 8.78 Å². The van der Waals surface area contributed by atoms with Gasteiger partial charge in [-0.3, -0.25) is 19.3 Å². The topological polar surface area (TPSA) is 135 Å². The van der Waals surface area contributed by atoms with E-state index in [-0.39, 0.29) is 41.9 Å². The van der Waals surface area contributed by atoms with Crippen molar-refractivity contribution in [2.75, 3.05) is 14.1 Å². The summed E-state index contributed by atoms with van der Waals surface area (Å²) in [5.74, 6) is -9.88. The minimum absolute atomic E-state index is 0.0103. The van der Waals surface area contributed by atoms with Gasteiger partial charge in [0.25, 0.3) is 0 Å². The quantitative estimate of drug-likeness (QED) is 0.436. The van der Waals surface area contributed by atoms with Crippen LogP contribution in [0.15, 0.2) is 16.9 Å². The maximum atomic E-state index is 15.3. The van der Waals surface area contributed by atoms with Crippen molar-refractivity contribution < 1.29 is 43.6 Å². The van der Waals surface area contributed by atoms with E-state index < -0.39 is 80.9 Å². The number of hydrogen-bond donors (Lipinski definition) is 4. The van der Waals surface area contributed by atoms with Gasteiger partial charge < -0.3 is 20.4 Å². The normalized spacial score (nSPS) is 27.6. The average molecular weight is 520 g/mol. The van der Waals surface area contributed by atoms with E-state index >= 15 is 4.39 Å². The molecule has 8 nitrogen and oxygen atoms in total. The van der Waals surface area contributed by atoms with E-state index in [1.54, 1.807) is 0 Å². The Morgan fingerprint density at radius 3 is 2.30 bits per heavy atom. The van der Waals surface area contributed by atoms with Crippen LogP contribution in [0.25, 0.3) is 5.76 Å². The number of Topliss-reactive ketones (excluding diaryl/α,β-unsaturated/α-hetero) is 3. The summed E-state index contributed by atoms with van der Waals surface area (Å²) in [7, 11) is 3.02. The van der Waals surface area contributed by atoms with Gasteiger partial charge in [0.05, 0.1) is 11.6 Å². The van der Waals surface area contributed by atoms with Crippen molar-refractivity contribution in [2.45, 2.75) is 58.1 Å². The number of hydrogen-bond acceptors (Lipinski definition) is 8. The standard InChI is InChI=1S/C27H31F2NO7/c1-10(2)6-7-13-19(28)20(29)14-8-12-9-15-21(30(4)5)24(34)16(11(3)31)25(35)27(15,37)26(36)17(12)23(33)18(14)22(13)32/h10,12,15,21,32-33,35,37H,6-9H2,1-5H3/t12-,15-,21-,27+/m0/s1. The summed E-state index contributed by atoms with van der Waals surface area (Å²) in [6.45, 7) is 4.77. The van der Waals surface area contributed by atoms with Gasteiger partial charge in [0.15, 0.2) is 28.8 Å². The Morgan fingerprint density at radius 1 is 1.14 bits per heavy atom. The lowest BCUT2D eigenvalue weighted by Gasteiger charge is -2.50. The molecule has 10 heteroatoms. The highest BCUT2D eigenvalue weighted by atomic mass is 19.2. The highest BCUT2D eigenvalue weighted by Gasteiger charge is 2.64. The molecule has 1 aromatic carbocycles. The van der Waals surface area contributed by atoms with Crippen molar-refractivity contribution >= 4 is 23.1 Å². The summed E-state index contributed by atoms with van der Waals surface area (Å²) in [4.78, 5) is 40.6. The third kappa shape index (κ3) is 3.72. The van der Waals surface area contributed by atoms with Crippen LogP contribution in [0.5, 0.6) is 5.75 Å². The molecule has 0 bridgehead atoms. The van der Waals surface area contributed by atoms with Gasteiger partial charge >= 0.3 is 0 Å². The molecule has 0 heterocycles. The van der Waals surface area contributed by atoms with Gasteiger partial charge in [0.2, 0.25) is 5.78 Å². The molecule has 37 heavy (non-hydrogen) atoms. The number of nitrogens with zero attached hydrogens (tertiary/aromatic N) is 1. The second-order valence-electron chi connectivity index (χ2n) is 10.9.